The number of ether oxygens (including phenoxy) is 1. The summed E-state index contributed by atoms with van der Waals surface area (Å²) in [5, 5.41) is 0. The topological polar surface area (TPSA) is 55.4 Å². The van der Waals surface area contributed by atoms with Crippen molar-refractivity contribution in [1.82, 2.24) is 4.72 Å². The van der Waals surface area contributed by atoms with Crippen LogP contribution in [-0.4, -0.2) is 21.3 Å². The number of benzene rings is 1. The van der Waals surface area contributed by atoms with Crippen molar-refractivity contribution in [2.45, 2.75) is 26.3 Å². The Labute approximate surface area is 103 Å². The summed E-state index contributed by atoms with van der Waals surface area (Å²) < 4.78 is 30.9. The quantitative estimate of drug-likeness (QED) is 0.849. The Balaban J connectivity index is 2.72. The van der Waals surface area contributed by atoms with Crippen molar-refractivity contribution in [3.63, 3.8) is 0 Å². The van der Waals surface area contributed by atoms with Crippen molar-refractivity contribution in [3.05, 3.63) is 29.8 Å². The second-order valence-electron chi connectivity index (χ2n) is 3.93. The Morgan fingerprint density at radius 3 is 2.35 bits per heavy atom. The molecule has 1 rings (SSSR count). The third kappa shape index (κ3) is 4.36. The van der Waals surface area contributed by atoms with Crippen molar-refractivity contribution in [2.75, 3.05) is 12.9 Å². The fourth-order valence-electron chi connectivity index (χ4n) is 1.56. The van der Waals surface area contributed by atoms with E-state index in [1.807, 2.05) is 38.1 Å². The monoisotopic (exact) mass is 257 g/mol. The minimum Gasteiger partial charge on any atom is -0.497 e. The van der Waals surface area contributed by atoms with Gasteiger partial charge in [0, 0.05) is 6.04 Å². The van der Waals surface area contributed by atoms with Crippen LogP contribution in [0.5, 0.6) is 5.75 Å². The molecule has 5 heteroatoms. The van der Waals surface area contributed by atoms with E-state index in [4.69, 9.17) is 4.74 Å². The van der Waals surface area contributed by atoms with Gasteiger partial charge in [-0.05, 0) is 31.0 Å². The molecule has 0 bridgehead atoms. The summed E-state index contributed by atoms with van der Waals surface area (Å²) >= 11 is 0. The molecular formula is C12H19NO3S. The second-order valence-corrected chi connectivity index (χ2v) is 5.81. The third-order valence-electron chi connectivity index (χ3n) is 2.44. The number of hydrogen-bond acceptors (Lipinski definition) is 3. The average molecular weight is 257 g/mol. The van der Waals surface area contributed by atoms with E-state index in [2.05, 4.69) is 4.72 Å². The molecule has 1 N–H and O–H groups in total. The first-order chi connectivity index (χ1) is 7.98. The van der Waals surface area contributed by atoms with Crippen LogP contribution < -0.4 is 9.46 Å². The molecule has 0 aromatic heterocycles. The SMILES string of the molecule is CCCS(=O)(=O)NC(C)c1ccc(OC)cc1. The van der Waals surface area contributed by atoms with Crippen LogP contribution in [0.4, 0.5) is 0 Å². The van der Waals surface area contributed by atoms with E-state index in [1.54, 1.807) is 7.11 Å². The molecule has 4 nitrogen and oxygen atoms in total. The van der Waals surface area contributed by atoms with Crippen molar-refractivity contribution in [1.29, 1.82) is 0 Å². The fourth-order valence-corrected chi connectivity index (χ4v) is 2.89. The molecule has 0 amide bonds. The van der Waals surface area contributed by atoms with E-state index in [0.29, 0.717) is 6.42 Å². The molecule has 1 aromatic carbocycles. The van der Waals surface area contributed by atoms with Gasteiger partial charge in [0.15, 0.2) is 0 Å². The molecule has 17 heavy (non-hydrogen) atoms. The van der Waals surface area contributed by atoms with Gasteiger partial charge in [0.2, 0.25) is 10.0 Å². The normalized spacial score (nSPS) is 13.4. The molecule has 1 aromatic rings. The first kappa shape index (κ1) is 14.0. The molecule has 96 valence electrons. The minimum atomic E-state index is -3.18. The molecule has 0 aliphatic heterocycles. The highest BCUT2D eigenvalue weighted by Gasteiger charge is 2.14. The van der Waals surface area contributed by atoms with Crippen LogP contribution in [0.15, 0.2) is 24.3 Å². The van der Waals surface area contributed by atoms with E-state index in [0.717, 1.165) is 11.3 Å². The van der Waals surface area contributed by atoms with Crippen LogP contribution in [0.1, 0.15) is 31.9 Å². The molecule has 0 fully saturated rings. The Kier molecular flexibility index (Phi) is 4.96. The highest BCUT2D eigenvalue weighted by atomic mass is 32.2. The van der Waals surface area contributed by atoms with Crippen LogP contribution in [-0.2, 0) is 10.0 Å². The lowest BCUT2D eigenvalue weighted by atomic mass is 10.1. The molecule has 0 radical (unpaired) electrons. The summed E-state index contributed by atoms with van der Waals surface area (Å²) in [5.41, 5.74) is 0.922. The van der Waals surface area contributed by atoms with Gasteiger partial charge < -0.3 is 4.74 Å². The zero-order chi connectivity index (χ0) is 12.9. The van der Waals surface area contributed by atoms with E-state index in [1.165, 1.54) is 0 Å². The van der Waals surface area contributed by atoms with Gasteiger partial charge in [0.05, 0.1) is 12.9 Å². The van der Waals surface area contributed by atoms with Gasteiger partial charge in [0.1, 0.15) is 5.75 Å². The first-order valence-corrected chi connectivity index (χ1v) is 7.27. The lowest BCUT2D eigenvalue weighted by molar-refractivity contribution is 0.414. The number of methoxy groups -OCH3 is 1. The molecular weight excluding hydrogens is 238 g/mol. The summed E-state index contributed by atoms with van der Waals surface area (Å²) in [7, 11) is -1.58. The number of hydrogen-bond donors (Lipinski definition) is 1. The summed E-state index contributed by atoms with van der Waals surface area (Å²) in [6.45, 7) is 3.67. The fraction of sp³-hybridized carbons (Fsp3) is 0.500. The Bertz CT molecular complexity index is 439. The Morgan fingerprint density at radius 2 is 1.88 bits per heavy atom. The van der Waals surface area contributed by atoms with Gasteiger partial charge in [0.25, 0.3) is 0 Å². The summed E-state index contributed by atoms with van der Waals surface area (Å²) in [4.78, 5) is 0. The maximum absolute atomic E-state index is 11.6. The highest BCUT2D eigenvalue weighted by Crippen LogP contribution is 2.17. The van der Waals surface area contributed by atoms with Gasteiger partial charge in [-0.25, -0.2) is 13.1 Å². The second kappa shape index (κ2) is 6.02. The van der Waals surface area contributed by atoms with Crippen LogP contribution >= 0.6 is 0 Å². The largest absolute Gasteiger partial charge is 0.497 e. The highest BCUT2D eigenvalue weighted by molar-refractivity contribution is 7.89. The zero-order valence-electron chi connectivity index (χ0n) is 10.4. The summed E-state index contributed by atoms with van der Waals surface area (Å²) in [5.74, 6) is 0.922. The molecule has 0 saturated carbocycles. The smallest absolute Gasteiger partial charge is 0.212 e. The van der Waals surface area contributed by atoms with Gasteiger partial charge >= 0.3 is 0 Å². The van der Waals surface area contributed by atoms with Gasteiger partial charge in [-0.3, -0.25) is 0 Å². The number of sulfonamides is 1. The third-order valence-corrected chi connectivity index (χ3v) is 4.10. The number of rotatable bonds is 6. The van der Waals surface area contributed by atoms with Crippen molar-refractivity contribution in [3.8, 4) is 5.75 Å². The minimum absolute atomic E-state index is 0.160. The summed E-state index contributed by atoms with van der Waals surface area (Å²) in [6, 6.07) is 7.13. The molecule has 0 heterocycles. The van der Waals surface area contributed by atoms with E-state index in [-0.39, 0.29) is 11.8 Å². The predicted molar refractivity (Wildman–Crippen MR) is 68.6 cm³/mol. The Morgan fingerprint density at radius 1 is 1.29 bits per heavy atom. The molecule has 0 aliphatic rings. The van der Waals surface area contributed by atoms with Crippen LogP contribution in [0.3, 0.4) is 0 Å². The number of nitrogens with one attached hydrogen (secondary N) is 1. The average Bonchev–Trinajstić information content (AvgIpc) is 2.28. The zero-order valence-corrected chi connectivity index (χ0v) is 11.3. The molecule has 1 atom stereocenters. The van der Waals surface area contributed by atoms with Gasteiger partial charge in [-0.1, -0.05) is 19.1 Å². The van der Waals surface area contributed by atoms with Gasteiger partial charge in [-0.2, -0.15) is 0 Å². The van der Waals surface area contributed by atoms with Crippen LogP contribution in [0, 0.1) is 0 Å². The maximum atomic E-state index is 11.6. The lowest BCUT2D eigenvalue weighted by Gasteiger charge is -2.14. The van der Waals surface area contributed by atoms with E-state index < -0.39 is 10.0 Å². The van der Waals surface area contributed by atoms with Crippen LogP contribution in [0.25, 0.3) is 0 Å². The first-order valence-electron chi connectivity index (χ1n) is 5.62. The van der Waals surface area contributed by atoms with Gasteiger partial charge in [-0.15, -0.1) is 0 Å². The van der Waals surface area contributed by atoms with Crippen molar-refractivity contribution >= 4 is 10.0 Å². The molecule has 1 unspecified atom stereocenters. The van der Waals surface area contributed by atoms with E-state index >= 15 is 0 Å². The molecule has 0 aliphatic carbocycles. The van der Waals surface area contributed by atoms with E-state index in [9.17, 15) is 8.42 Å². The molecule has 0 spiro atoms. The predicted octanol–water partition coefficient (Wildman–Crippen LogP) is 2.09. The van der Waals surface area contributed by atoms with Crippen LogP contribution in [0.2, 0.25) is 0 Å². The van der Waals surface area contributed by atoms with Crippen molar-refractivity contribution in [2.24, 2.45) is 0 Å². The maximum Gasteiger partial charge on any atom is 0.212 e. The summed E-state index contributed by atoms with van der Waals surface area (Å²) in [6.07, 6.45) is 0.616. The Hall–Kier alpha value is -1.07. The standard InChI is InChI=1S/C12H19NO3S/c1-4-9-17(14,15)13-10(2)11-5-7-12(16-3)8-6-11/h5-8,10,13H,4,9H2,1-3H3. The van der Waals surface area contributed by atoms with Crippen molar-refractivity contribution < 1.29 is 13.2 Å². The molecule has 0 saturated heterocycles. The lowest BCUT2D eigenvalue weighted by Crippen LogP contribution is -2.28.